The Morgan fingerprint density at radius 2 is 1.89 bits per heavy atom. The molecule has 1 saturated heterocycles. The fourth-order valence-electron chi connectivity index (χ4n) is 3.55. The molecule has 2 fully saturated rings. The summed E-state index contributed by atoms with van der Waals surface area (Å²) in [7, 11) is 0. The maximum Gasteiger partial charge on any atom is 0.223 e. The van der Waals surface area contributed by atoms with Gasteiger partial charge in [-0.25, -0.2) is 0 Å². The Morgan fingerprint density at radius 1 is 1.11 bits per heavy atom. The number of nitrogens with one attached hydrogen (secondary N) is 2. The van der Waals surface area contributed by atoms with Crippen LogP contribution in [0.4, 0.5) is 0 Å². The molecule has 1 saturated carbocycles. The summed E-state index contributed by atoms with van der Waals surface area (Å²) in [5, 5.41) is 6.72. The Balaban J connectivity index is 1.83. The maximum absolute atomic E-state index is 12.3. The summed E-state index contributed by atoms with van der Waals surface area (Å²) in [6.45, 7) is 7.76. The van der Waals surface area contributed by atoms with Gasteiger partial charge < -0.3 is 10.6 Å². The molecule has 18 heavy (non-hydrogen) atoms. The highest BCUT2D eigenvalue weighted by molar-refractivity contribution is 5.79. The molecule has 0 spiro atoms. The summed E-state index contributed by atoms with van der Waals surface area (Å²) in [5.74, 6) is 1.99. The van der Waals surface area contributed by atoms with Gasteiger partial charge in [-0.2, -0.15) is 0 Å². The minimum absolute atomic E-state index is 0.229. The first-order valence-electron chi connectivity index (χ1n) is 7.60. The van der Waals surface area contributed by atoms with E-state index in [-0.39, 0.29) is 5.92 Å². The number of carbonyl (C=O) groups excluding carboxylic acids is 1. The topological polar surface area (TPSA) is 41.1 Å². The molecule has 3 heteroatoms. The number of hydrogen-bond donors (Lipinski definition) is 2. The molecule has 0 radical (unpaired) electrons. The molecular formula is C15H28N2O. The summed E-state index contributed by atoms with van der Waals surface area (Å²) in [6, 6.07) is 0.900. The average Bonchev–Trinajstić information content (AvgIpc) is 2.32. The zero-order chi connectivity index (χ0) is 13.1. The molecule has 1 aliphatic heterocycles. The standard InChI is InChI=1S/C15H28N2O/c1-10-4-5-14(11(2)8-10)17-15(18)13-6-7-16-12(3)9-13/h10-14,16H,4-9H2,1-3H3,(H,17,18)/t10?,11?,12-,13-,14?/m0/s1. The largest absolute Gasteiger partial charge is 0.353 e. The second-order valence-electron chi connectivity index (χ2n) is 6.59. The molecule has 3 unspecified atom stereocenters. The van der Waals surface area contributed by atoms with Gasteiger partial charge in [-0.1, -0.05) is 13.8 Å². The number of carbonyl (C=O) groups is 1. The highest BCUT2D eigenvalue weighted by Gasteiger charge is 2.30. The smallest absolute Gasteiger partial charge is 0.223 e. The minimum Gasteiger partial charge on any atom is -0.353 e. The van der Waals surface area contributed by atoms with Crippen LogP contribution in [0.15, 0.2) is 0 Å². The molecule has 0 aromatic rings. The van der Waals surface area contributed by atoms with E-state index in [1.165, 1.54) is 12.8 Å². The Labute approximate surface area is 111 Å². The van der Waals surface area contributed by atoms with Crippen molar-refractivity contribution < 1.29 is 4.79 Å². The zero-order valence-electron chi connectivity index (χ0n) is 12.0. The molecule has 104 valence electrons. The molecule has 3 nitrogen and oxygen atoms in total. The van der Waals surface area contributed by atoms with Crippen LogP contribution < -0.4 is 10.6 Å². The minimum atomic E-state index is 0.229. The van der Waals surface area contributed by atoms with Crippen LogP contribution in [-0.2, 0) is 4.79 Å². The molecule has 2 rings (SSSR count). The van der Waals surface area contributed by atoms with Crippen molar-refractivity contribution >= 4 is 5.91 Å². The Morgan fingerprint density at radius 3 is 2.56 bits per heavy atom. The van der Waals surface area contributed by atoms with E-state index in [9.17, 15) is 4.79 Å². The van der Waals surface area contributed by atoms with Crippen LogP contribution in [-0.4, -0.2) is 24.5 Å². The van der Waals surface area contributed by atoms with Crippen molar-refractivity contribution in [1.29, 1.82) is 0 Å². The number of rotatable bonds is 2. The van der Waals surface area contributed by atoms with E-state index in [0.717, 1.165) is 31.7 Å². The van der Waals surface area contributed by atoms with Gasteiger partial charge in [0.25, 0.3) is 0 Å². The van der Waals surface area contributed by atoms with Crippen LogP contribution in [0, 0.1) is 17.8 Å². The SMILES string of the molecule is CC1CCC(NC(=O)[C@H]2CCN[C@@H](C)C2)C(C)C1. The summed E-state index contributed by atoms with van der Waals surface area (Å²) >= 11 is 0. The second kappa shape index (κ2) is 6.05. The van der Waals surface area contributed by atoms with Crippen LogP contribution in [0.25, 0.3) is 0 Å². The lowest BCUT2D eigenvalue weighted by atomic mass is 9.79. The molecule has 1 heterocycles. The first-order chi connectivity index (χ1) is 8.56. The average molecular weight is 252 g/mol. The van der Waals surface area contributed by atoms with Crippen molar-refractivity contribution in [2.24, 2.45) is 17.8 Å². The van der Waals surface area contributed by atoms with Gasteiger partial charge in [-0.3, -0.25) is 4.79 Å². The summed E-state index contributed by atoms with van der Waals surface area (Å²) in [5.41, 5.74) is 0. The van der Waals surface area contributed by atoms with E-state index in [1.807, 2.05) is 0 Å². The van der Waals surface area contributed by atoms with Crippen LogP contribution in [0.3, 0.4) is 0 Å². The highest BCUT2D eigenvalue weighted by Crippen LogP contribution is 2.29. The lowest BCUT2D eigenvalue weighted by Crippen LogP contribution is -2.48. The third kappa shape index (κ3) is 3.47. The lowest BCUT2D eigenvalue weighted by molar-refractivity contribution is -0.127. The van der Waals surface area contributed by atoms with E-state index in [1.54, 1.807) is 0 Å². The molecule has 2 aliphatic rings. The number of amides is 1. The summed E-state index contributed by atoms with van der Waals surface area (Å²) < 4.78 is 0. The Bertz CT molecular complexity index is 292. The van der Waals surface area contributed by atoms with Crippen molar-refractivity contribution in [2.75, 3.05) is 6.54 Å². The van der Waals surface area contributed by atoms with Crippen molar-refractivity contribution in [3.63, 3.8) is 0 Å². The van der Waals surface area contributed by atoms with E-state index >= 15 is 0 Å². The van der Waals surface area contributed by atoms with Crippen LogP contribution in [0.2, 0.25) is 0 Å². The van der Waals surface area contributed by atoms with Gasteiger partial charge in [-0.15, -0.1) is 0 Å². The molecular weight excluding hydrogens is 224 g/mol. The quantitative estimate of drug-likeness (QED) is 0.792. The summed E-state index contributed by atoms with van der Waals surface area (Å²) in [6.07, 6.45) is 5.66. The number of piperidine rings is 1. The highest BCUT2D eigenvalue weighted by atomic mass is 16.1. The fourth-order valence-corrected chi connectivity index (χ4v) is 3.55. The van der Waals surface area contributed by atoms with Crippen molar-refractivity contribution in [2.45, 2.75) is 65.0 Å². The monoisotopic (exact) mass is 252 g/mol. The van der Waals surface area contributed by atoms with Crippen LogP contribution in [0.1, 0.15) is 52.9 Å². The second-order valence-corrected chi connectivity index (χ2v) is 6.59. The molecule has 0 bridgehead atoms. The predicted molar refractivity (Wildman–Crippen MR) is 74.3 cm³/mol. The van der Waals surface area contributed by atoms with Crippen molar-refractivity contribution in [3.05, 3.63) is 0 Å². The maximum atomic E-state index is 12.3. The van der Waals surface area contributed by atoms with E-state index in [0.29, 0.717) is 23.9 Å². The summed E-state index contributed by atoms with van der Waals surface area (Å²) in [4.78, 5) is 12.3. The van der Waals surface area contributed by atoms with Gasteiger partial charge in [-0.05, 0) is 57.4 Å². The van der Waals surface area contributed by atoms with Crippen LogP contribution >= 0.6 is 0 Å². The Kier molecular flexibility index (Phi) is 4.66. The van der Waals surface area contributed by atoms with E-state index < -0.39 is 0 Å². The van der Waals surface area contributed by atoms with Crippen molar-refractivity contribution in [3.8, 4) is 0 Å². The molecule has 0 aromatic carbocycles. The number of hydrogen-bond acceptors (Lipinski definition) is 2. The molecule has 1 aliphatic carbocycles. The van der Waals surface area contributed by atoms with Gasteiger partial charge in [0, 0.05) is 18.0 Å². The van der Waals surface area contributed by atoms with Gasteiger partial charge in [0.1, 0.15) is 0 Å². The van der Waals surface area contributed by atoms with Gasteiger partial charge >= 0.3 is 0 Å². The van der Waals surface area contributed by atoms with Crippen LogP contribution in [0.5, 0.6) is 0 Å². The van der Waals surface area contributed by atoms with E-state index in [2.05, 4.69) is 31.4 Å². The molecule has 2 N–H and O–H groups in total. The lowest BCUT2D eigenvalue weighted by Gasteiger charge is -2.35. The molecule has 0 aromatic heterocycles. The van der Waals surface area contributed by atoms with Crippen molar-refractivity contribution in [1.82, 2.24) is 10.6 Å². The Hall–Kier alpha value is -0.570. The third-order valence-corrected chi connectivity index (χ3v) is 4.75. The van der Waals surface area contributed by atoms with Gasteiger partial charge in [0.2, 0.25) is 5.91 Å². The zero-order valence-corrected chi connectivity index (χ0v) is 12.0. The van der Waals surface area contributed by atoms with E-state index in [4.69, 9.17) is 0 Å². The van der Waals surface area contributed by atoms with Gasteiger partial charge in [0.15, 0.2) is 0 Å². The van der Waals surface area contributed by atoms with Gasteiger partial charge in [0.05, 0.1) is 0 Å². The fraction of sp³-hybridized carbons (Fsp3) is 0.933. The predicted octanol–water partition coefficient (Wildman–Crippen LogP) is 2.32. The first-order valence-corrected chi connectivity index (χ1v) is 7.60. The third-order valence-electron chi connectivity index (χ3n) is 4.75. The normalized spacial score (nSPS) is 41.4. The first kappa shape index (κ1) is 13.9. The molecule has 5 atom stereocenters. The molecule has 1 amide bonds.